The van der Waals surface area contributed by atoms with Crippen LogP contribution in [0.4, 0.5) is 11.6 Å². The molecule has 0 saturated heterocycles. The van der Waals surface area contributed by atoms with Gasteiger partial charge in [0.15, 0.2) is 0 Å². The maximum Gasteiger partial charge on any atom is 0.238 e. The van der Waals surface area contributed by atoms with Gasteiger partial charge in [0, 0.05) is 18.3 Å². The largest absolute Gasteiger partial charge is 0.324 e. The number of hydrogen-bond acceptors (Lipinski definition) is 6. The molecule has 0 spiro atoms. The van der Waals surface area contributed by atoms with Crippen molar-refractivity contribution >= 4 is 33.1 Å². The Morgan fingerprint density at radius 2 is 2.09 bits per heavy atom. The van der Waals surface area contributed by atoms with E-state index in [-0.39, 0.29) is 16.6 Å². The molecule has 1 heterocycles. The Labute approximate surface area is 132 Å². The zero-order valence-electron chi connectivity index (χ0n) is 12.1. The van der Waals surface area contributed by atoms with Crippen molar-refractivity contribution < 1.29 is 13.8 Å². The first-order chi connectivity index (χ1) is 10.8. The minimum atomic E-state index is -3.78. The molecular formula is C14H15N6O2S+. The molecule has 0 amide bonds. The third kappa shape index (κ3) is 3.10. The molecule has 3 rings (SSSR count). The van der Waals surface area contributed by atoms with Crippen LogP contribution >= 0.6 is 0 Å². The van der Waals surface area contributed by atoms with Gasteiger partial charge >= 0.3 is 0 Å². The molecule has 0 saturated carbocycles. The SMILES string of the molecule is N=C1C(=[NH2+])CCc2cnc(Nc3cccc(S(N)(=O)=O)c3)nc21. The first kappa shape index (κ1) is 15.3. The molecule has 1 aromatic heterocycles. The van der Waals surface area contributed by atoms with Crippen molar-refractivity contribution in [1.29, 1.82) is 5.41 Å². The zero-order chi connectivity index (χ0) is 16.6. The van der Waals surface area contributed by atoms with Crippen molar-refractivity contribution in [2.45, 2.75) is 17.7 Å². The maximum atomic E-state index is 11.4. The molecule has 0 aliphatic heterocycles. The van der Waals surface area contributed by atoms with E-state index in [9.17, 15) is 8.42 Å². The number of primary sulfonamides is 1. The van der Waals surface area contributed by atoms with Gasteiger partial charge in [0.05, 0.1) is 4.90 Å². The Bertz CT molecular complexity index is 923. The monoisotopic (exact) mass is 331 g/mol. The van der Waals surface area contributed by atoms with E-state index in [4.69, 9.17) is 16.0 Å². The van der Waals surface area contributed by atoms with Crippen molar-refractivity contribution in [2.75, 3.05) is 5.32 Å². The number of nitrogens with one attached hydrogen (secondary N) is 2. The van der Waals surface area contributed by atoms with Crippen molar-refractivity contribution in [3.8, 4) is 0 Å². The van der Waals surface area contributed by atoms with Crippen LogP contribution in [0, 0.1) is 5.41 Å². The number of hydrogen-bond donors (Lipinski definition) is 4. The fraction of sp³-hybridized carbons (Fsp3) is 0.143. The minimum absolute atomic E-state index is 0.00854. The van der Waals surface area contributed by atoms with Crippen LogP contribution in [0.1, 0.15) is 17.7 Å². The second-order valence-electron chi connectivity index (χ2n) is 5.17. The van der Waals surface area contributed by atoms with Crippen LogP contribution in [0.2, 0.25) is 0 Å². The molecule has 0 bridgehead atoms. The van der Waals surface area contributed by atoms with E-state index in [0.717, 1.165) is 5.56 Å². The summed E-state index contributed by atoms with van der Waals surface area (Å²) in [5, 5.41) is 21.8. The van der Waals surface area contributed by atoms with Gasteiger partial charge in [0.2, 0.25) is 21.7 Å². The summed E-state index contributed by atoms with van der Waals surface area (Å²) in [5.41, 5.74) is 2.55. The Kier molecular flexibility index (Phi) is 3.66. The van der Waals surface area contributed by atoms with E-state index in [1.54, 1.807) is 18.3 Å². The summed E-state index contributed by atoms with van der Waals surface area (Å²) in [7, 11) is -3.78. The van der Waals surface area contributed by atoms with Crippen LogP contribution in [0.5, 0.6) is 0 Å². The van der Waals surface area contributed by atoms with E-state index in [1.165, 1.54) is 12.1 Å². The quantitative estimate of drug-likeness (QED) is 0.592. The van der Waals surface area contributed by atoms with Gasteiger partial charge in [-0.15, -0.1) is 0 Å². The highest BCUT2D eigenvalue weighted by atomic mass is 32.2. The van der Waals surface area contributed by atoms with Crippen molar-refractivity contribution in [3.63, 3.8) is 0 Å². The highest BCUT2D eigenvalue weighted by Crippen LogP contribution is 2.20. The third-order valence-corrected chi connectivity index (χ3v) is 4.42. The number of fused-ring (bicyclic) bond motifs is 1. The normalized spacial score (nSPS) is 14.5. The average molecular weight is 331 g/mol. The molecule has 8 nitrogen and oxygen atoms in total. The molecule has 0 unspecified atom stereocenters. The topological polar surface area (TPSA) is 147 Å². The standard InChI is InChI=1S/C14H14N6O2S/c15-11-5-4-8-7-18-14(20-13(8)12(11)16)19-9-2-1-3-10(6-9)23(17,21)22/h1-3,6-7,15-16H,4-5H2,(H2,17,21,22)(H,18,19,20)/p+1. The van der Waals surface area contributed by atoms with Crippen LogP contribution in [-0.2, 0) is 16.4 Å². The fourth-order valence-corrected chi connectivity index (χ4v) is 2.85. The molecule has 1 aliphatic rings. The van der Waals surface area contributed by atoms with Gasteiger partial charge in [0.1, 0.15) is 11.4 Å². The Morgan fingerprint density at radius 1 is 1.30 bits per heavy atom. The number of sulfonamides is 1. The number of nitrogens with zero attached hydrogens (tertiary/aromatic N) is 2. The predicted molar refractivity (Wildman–Crippen MR) is 85.2 cm³/mol. The molecule has 0 radical (unpaired) electrons. The first-order valence-electron chi connectivity index (χ1n) is 6.81. The number of benzene rings is 1. The van der Waals surface area contributed by atoms with Gasteiger partial charge < -0.3 is 5.32 Å². The van der Waals surface area contributed by atoms with Gasteiger partial charge in [-0.05, 0) is 30.2 Å². The summed E-state index contributed by atoms with van der Waals surface area (Å²) in [6.07, 6.45) is 2.97. The lowest BCUT2D eigenvalue weighted by Gasteiger charge is -2.14. The van der Waals surface area contributed by atoms with E-state index in [0.29, 0.717) is 29.9 Å². The van der Waals surface area contributed by atoms with E-state index in [2.05, 4.69) is 15.3 Å². The maximum absolute atomic E-state index is 11.4. The predicted octanol–water partition coefficient (Wildman–Crippen LogP) is -0.618. The van der Waals surface area contributed by atoms with Gasteiger partial charge in [-0.2, -0.15) is 0 Å². The summed E-state index contributed by atoms with van der Waals surface area (Å²) in [5.74, 6) is 0.259. The molecule has 9 heteroatoms. The van der Waals surface area contributed by atoms with Gasteiger partial charge in [-0.1, -0.05) is 6.07 Å². The molecular weight excluding hydrogens is 316 g/mol. The summed E-state index contributed by atoms with van der Waals surface area (Å²) in [4.78, 5) is 8.48. The van der Waals surface area contributed by atoms with Crippen LogP contribution in [-0.4, -0.2) is 29.8 Å². The summed E-state index contributed by atoms with van der Waals surface area (Å²) >= 11 is 0. The smallest absolute Gasteiger partial charge is 0.238 e. The second-order valence-corrected chi connectivity index (χ2v) is 6.73. The lowest BCUT2D eigenvalue weighted by molar-refractivity contribution is -0.113. The Hall–Kier alpha value is -2.65. The summed E-state index contributed by atoms with van der Waals surface area (Å²) < 4.78 is 22.8. The Morgan fingerprint density at radius 3 is 2.83 bits per heavy atom. The second kappa shape index (κ2) is 5.52. The van der Waals surface area contributed by atoms with Crippen LogP contribution in [0.3, 0.4) is 0 Å². The highest BCUT2D eigenvalue weighted by Gasteiger charge is 2.25. The first-order valence-corrected chi connectivity index (χ1v) is 8.35. The lowest BCUT2D eigenvalue weighted by Crippen LogP contribution is -2.47. The number of anilines is 2. The average Bonchev–Trinajstić information content (AvgIpc) is 2.51. The van der Waals surface area contributed by atoms with Crippen LogP contribution in [0.25, 0.3) is 0 Å². The molecule has 0 atom stereocenters. The van der Waals surface area contributed by atoms with E-state index < -0.39 is 10.0 Å². The molecule has 118 valence electrons. The van der Waals surface area contributed by atoms with Gasteiger partial charge in [-0.3, -0.25) is 10.8 Å². The van der Waals surface area contributed by atoms with Gasteiger partial charge in [0.25, 0.3) is 0 Å². The number of nitrogens with two attached hydrogens (primary N) is 2. The number of rotatable bonds is 3. The Balaban J connectivity index is 1.93. The molecule has 0 fully saturated rings. The van der Waals surface area contributed by atoms with Crippen LogP contribution < -0.4 is 15.9 Å². The summed E-state index contributed by atoms with van der Waals surface area (Å²) in [6.45, 7) is 0. The van der Waals surface area contributed by atoms with Crippen molar-refractivity contribution in [2.24, 2.45) is 5.14 Å². The zero-order valence-corrected chi connectivity index (χ0v) is 12.9. The van der Waals surface area contributed by atoms with Crippen molar-refractivity contribution in [3.05, 3.63) is 41.7 Å². The van der Waals surface area contributed by atoms with Crippen molar-refractivity contribution in [1.82, 2.24) is 9.97 Å². The number of aromatic nitrogens is 2. The highest BCUT2D eigenvalue weighted by molar-refractivity contribution is 7.89. The molecule has 2 aromatic rings. The lowest BCUT2D eigenvalue weighted by atomic mass is 9.94. The molecule has 23 heavy (non-hydrogen) atoms. The van der Waals surface area contributed by atoms with Gasteiger partial charge in [-0.25, -0.2) is 23.5 Å². The van der Waals surface area contributed by atoms with E-state index >= 15 is 0 Å². The molecule has 1 aromatic carbocycles. The molecule has 6 N–H and O–H groups in total. The summed E-state index contributed by atoms with van der Waals surface area (Å²) in [6, 6.07) is 6.03. The fourth-order valence-electron chi connectivity index (χ4n) is 2.29. The molecule has 1 aliphatic carbocycles. The number of aryl methyl sites for hydroxylation is 1. The van der Waals surface area contributed by atoms with Crippen LogP contribution in [0.15, 0.2) is 35.4 Å². The minimum Gasteiger partial charge on any atom is -0.324 e. The van der Waals surface area contributed by atoms with E-state index in [1.807, 2.05) is 0 Å². The third-order valence-electron chi connectivity index (χ3n) is 3.50.